The number of nitrogens with zero attached hydrogens (tertiary/aromatic N) is 2. The summed E-state index contributed by atoms with van der Waals surface area (Å²) < 4.78 is 37.0. The summed E-state index contributed by atoms with van der Waals surface area (Å²) in [4.78, 5) is 3.34. The van der Waals surface area contributed by atoms with Gasteiger partial charge in [0, 0.05) is 5.69 Å². The highest BCUT2D eigenvalue weighted by molar-refractivity contribution is 5.60. The number of benzene rings is 1. The molecule has 0 atom stereocenters. The Labute approximate surface area is 107 Å². The predicted octanol–water partition coefficient (Wildman–Crippen LogP) is 3.72. The van der Waals surface area contributed by atoms with Gasteiger partial charge in [-0.3, -0.25) is 0 Å². The second kappa shape index (κ2) is 4.98. The lowest BCUT2D eigenvalue weighted by atomic mass is 10.2. The van der Waals surface area contributed by atoms with Crippen molar-refractivity contribution in [1.82, 2.24) is 4.98 Å². The van der Waals surface area contributed by atoms with Gasteiger partial charge in [-0.05, 0) is 30.3 Å². The number of rotatable bonds is 2. The van der Waals surface area contributed by atoms with Crippen LogP contribution < -0.4 is 5.32 Å². The highest BCUT2D eigenvalue weighted by Gasteiger charge is 2.31. The number of nitriles is 1. The molecule has 2 rings (SSSR count). The molecule has 19 heavy (non-hydrogen) atoms. The number of halogens is 3. The van der Waals surface area contributed by atoms with E-state index in [0.717, 1.165) is 12.3 Å². The van der Waals surface area contributed by atoms with Gasteiger partial charge in [-0.25, -0.2) is 4.98 Å². The summed E-state index contributed by atoms with van der Waals surface area (Å²) in [5.41, 5.74) is 0.553. The van der Waals surface area contributed by atoms with E-state index in [1.807, 2.05) is 6.07 Å². The number of anilines is 2. The largest absolute Gasteiger partial charge is 0.433 e. The van der Waals surface area contributed by atoms with Crippen LogP contribution in [0.25, 0.3) is 0 Å². The van der Waals surface area contributed by atoms with Gasteiger partial charge in [-0.1, -0.05) is 6.07 Å². The molecule has 0 amide bonds. The Morgan fingerprint density at radius 3 is 2.47 bits per heavy atom. The molecule has 0 aliphatic heterocycles. The number of pyridine rings is 1. The Morgan fingerprint density at radius 2 is 1.89 bits per heavy atom. The van der Waals surface area contributed by atoms with Gasteiger partial charge in [0.1, 0.15) is 5.69 Å². The maximum Gasteiger partial charge on any atom is 0.433 e. The SMILES string of the molecule is N#Cc1cccc(Nc2ccc(C(F)(F)F)nc2)c1. The van der Waals surface area contributed by atoms with Crippen LogP contribution >= 0.6 is 0 Å². The predicted molar refractivity (Wildman–Crippen MR) is 63.7 cm³/mol. The molecule has 96 valence electrons. The van der Waals surface area contributed by atoms with Crippen LogP contribution in [-0.4, -0.2) is 4.98 Å². The maximum atomic E-state index is 12.3. The molecule has 0 aliphatic rings. The van der Waals surface area contributed by atoms with E-state index in [4.69, 9.17) is 5.26 Å². The van der Waals surface area contributed by atoms with Crippen LogP contribution in [0.3, 0.4) is 0 Å². The Hall–Kier alpha value is -2.55. The molecule has 0 saturated heterocycles. The molecular formula is C13H8F3N3. The van der Waals surface area contributed by atoms with E-state index < -0.39 is 11.9 Å². The van der Waals surface area contributed by atoms with E-state index in [2.05, 4.69) is 10.3 Å². The first kappa shape index (κ1) is 12.9. The van der Waals surface area contributed by atoms with Crippen molar-refractivity contribution in [3.05, 3.63) is 53.9 Å². The molecule has 2 aromatic rings. The maximum absolute atomic E-state index is 12.3. The van der Waals surface area contributed by atoms with Crippen LogP contribution in [0.5, 0.6) is 0 Å². The van der Waals surface area contributed by atoms with Crippen molar-refractivity contribution >= 4 is 11.4 Å². The average molecular weight is 263 g/mol. The second-order valence-corrected chi connectivity index (χ2v) is 3.75. The first-order valence-electron chi connectivity index (χ1n) is 5.29. The Morgan fingerprint density at radius 1 is 1.11 bits per heavy atom. The number of nitrogens with one attached hydrogen (secondary N) is 1. The van der Waals surface area contributed by atoms with Gasteiger partial charge in [-0.15, -0.1) is 0 Å². The quantitative estimate of drug-likeness (QED) is 0.898. The number of hydrogen-bond acceptors (Lipinski definition) is 3. The Kier molecular flexibility index (Phi) is 3.38. The average Bonchev–Trinajstić information content (AvgIpc) is 2.38. The van der Waals surface area contributed by atoms with Gasteiger partial charge in [-0.2, -0.15) is 18.4 Å². The van der Waals surface area contributed by atoms with E-state index in [-0.39, 0.29) is 0 Å². The minimum Gasteiger partial charge on any atom is -0.354 e. The highest BCUT2D eigenvalue weighted by atomic mass is 19.4. The van der Waals surface area contributed by atoms with Crippen LogP contribution in [0.2, 0.25) is 0 Å². The zero-order valence-corrected chi connectivity index (χ0v) is 9.57. The molecule has 0 bridgehead atoms. The summed E-state index contributed by atoms with van der Waals surface area (Å²) in [6.07, 6.45) is -3.35. The van der Waals surface area contributed by atoms with Crippen LogP contribution in [0.15, 0.2) is 42.6 Å². The first-order valence-corrected chi connectivity index (χ1v) is 5.29. The smallest absolute Gasteiger partial charge is 0.354 e. The van der Waals surface area contributed by atoms with Crippen molar-refractivity contribution < 1.29 is 13.2 Å². The molecule has 0 saturated carbocycles. The fourth-order valence-corrected chi connectivity index (χ4v) is 1.47. The molecular weight excluding hydrogens is 255 g/mol. The molecule has 1 aromatic carbocycles. The van der Waals surface area contributed by atoms with E-state index in [1.165, 1.54) is 6.07 Å². The Balaban J connectivity index is 2.18. The van der Waals surface area contributed by atoms with Crippen molar-refractivity contribution in [3.8, 4) is 6.07 Å². The van der Waals surface area contributed by atoms with E-state index in [1.54, 1.807) is 24.3 Å². The highest BCUT2D eigenvalue weighted by Crippen LogP contribution is 2.28. The topological polar surface area (TPSA) is 48.7 Å². The van der Waals surface area contributed by atoms with E-state index in [0.29, 0.717) is 16.9 Å². The van der Waals surface area contributed by atoms with E-state index >= 15 is 0 Å². The zero-order valence-electron chi connectivity index (χ0n) is 9.57. The van der Waals surface area contributed by atoms with Crippen molar-refractivity contribution in [2.45, 2.75) is 6.18 Å². The van der Waals surface area contributed by atoms with Gasteiger partial charge >= 0.3 is 6.18 Å². The molecule has 0 unspecified atom stereocenters. The minimum absolute atomic E-state index is 0.420. The summed E-state index contributed by atoms with van der Waals surface area (Å²) >= 11 is 0. The molecule has 6 heteroatoms. The standard InChI is InChI=1S/C13H8F3N3/c14-13(15,16)12-5-4-11(8-18-12)19-10-3-1-2-9(6-10)7-17/h1-6,8,19H. The molecule has 1 heterocycles. The molecule has 0 fully saturated rings. The fourth-order valence-electron chi connectivity index (χ4n) is 1.47. The third kappa shape index (κ3) is 3.22. The second-order valence-electron chi connectivity index (χ2n) is 3.75. The summed E-state index contributed by atoms with van der Waals surface area (Å²) in [6, 6.07) is 10.8. The lowest BCUT2D eigenvalue weighted by Crippen LogP contribution is -2.07. The van der Waals surface area contributed by atoms with Crippen LogP contribution in [-0.2, 0) is 6.18 Å². The Bertz CT molecular complexity index is 612. The van der Waals surface area contributed by atoms with Crippen LogP contribution in [0, 0.1) is 11.3 Å². The fraction of sp³-hybridized carbons (Fsp3) is 0.0769. The number of aromatic nitrogens is 1. The summed E-state index contributed by atoms with van der Waals surface area (Å²) in [5.74, 6) is 0. The summed E-state index contributed by atoms with van der Waals surface area (Å²) in [7, 11) is 0. The number of alkyl halides is 3. The van der Waals surface area contributed by atoms with Crippen LogP contribution in [0.4, 0.5) is 24.5 Å². The molecule has 0 spiro atoms. The van der Waals surface area contributed by atoms with Gasteiger partial charge in [0.2, 0.25) is 0 Å². The summed E-state index contributed by atoms with van der Waals surface area (Å²) in [5, 5.41) is 11.6. The van der Waals surface area contributed by atoms with Gasteiger partial charge in [0.25, 0.3) is 0 Å². The molecule has 1 aromatic heterocycles. The molecule has 0 aliphatic carbocycles. The summed E-state index contributed by atoms with van der Waals surface area (Å²) in [6.45, 7) is 0. The van der Waals surface area contributed by atoms with Crippen molar-refractivity contribution in [2.75, 3.05) is 5.32 Å². The lowest BCUT2D eigenvalue weighted by Gasteiger charge is -2.08. The normalized spacial score (nSPS) is 10.8. The molecule has 1 N–H and O–H groups in total. The zero-order chi connectivity index (χ0) is 13.9. The van der Waals surface area contributed by atoms with E-state index in [9.17, 15) is 13.2 Å². The first-order chi connectivity index (χ1) is 8.99. The van der Waals surface area contributed by atoms with Gasteiger partial charge in [0.15, 0.2) is 0 Å². The number of hydrogen-bond donors (Lipinski definition) is 1. The van der Waals surface area contributed by atoms with Crippen molar-refractivity contribution in [1.29, 1.82) is 5.26 Å². The van der Waals surface area contributed by atoms with Crippen molar-refractivity contribution in [3.63, 3.8) is 0 Å². The van der Waals surface area contributed by atoms with Crippen molar-refractivity contribution in [2.24, 2.45) is 0 Å². The molecule has 0 radical (unpaired) electrons. The minimum atomic E-state index is -4.45. The third-order valence-electron chi connectivity index (χ3n) is 2.33. The van der Waals surface area contributed by atoms with Gasteiger partial charge in [0.05, 0.1) is 23.5 Å². The molecule has 3 nitrogen and oxygen atoms in total. The monoisotopic (exact) mass is 263 g/mol. The third-order valence-corrected chi connectivity index (χ3v) is 2.33. The van der Waals surface area contributed by atoms with Gasteiger partial charge < -0.3 is 5.32 Å². The van der Waals surface area contributed by atoms with Crippen LogP contribution in [0.1, 0.15) is 11.3 Å². The lowest BCUT2D eigenvalue weighted by molar-refractivity contribution is -0.141.